The predicted molar refractivity (Wildman–Crippen MR) is 262 cm³/mol. The molecule has 3 aromatic heterocycles. The molecule has 6 aromatic rings. The first-order valence-electron chi connectivity index (χ1n) is 23.5. The van der Waals surface area contributed by atoms with Crippen LogP contribution in [0.2, 0.25) is 5.02 Å². The molecule has 3 aromatic carbocycles. The molecule has 3 saturated heterocycles. The highest BCUT2D eigenvalue weighted by atomic mass is 35.5. The molecule has 3 aliphatic heterocycles. The number of benzene rings is 3. The van der Waals surface area contributed by atoms with Crippen LogP contribution in [0.1, 0.15) is 74.7 Å². The topological polar surface area (TPSA) is 181 Å². The van der Waals surface area contributed by atoms with Crippen molar-refractivity contribution in [2.24, 2.45) is 5.41 Å². The number of carbonyl (C=O) groups is 1. The van der Waals surface area contributed by atoms with Gasteiger partial charge in [-0.15, -0.1) is 0 Å². The van der Waals surface area contributed by atoms with Gasteiger partial charge in [-0.1, -0.05) is 43.2 Å². The third kappa shape index (κ3) is 9.72. The van der Waals surface area contributed by atoms with Crippen LogP contribution in [0, 0.1) is 15.5 Å². The number of aromatic amines is 1. The van der Waals surface area contributed by atoms with Gasteiger partial charge in [0.05, 0.1) is 26.6 Å². The number of nitro groups is 1. The van der Waals surface area contributed by atoms with E-state index >= 15 is 0 Å². The van der Waals surface area contributed by atoms with Crippen molar-refractivity contribution in [3.8, 4) is 11.4 Å². The number of anilines is 1. The van der Waals surface area contributed by atoms with E-state index in [0.29, 0.717) is 41.3 Å². The third-order valence-corrected chi connectivity index (χ3v) is 15.8. The number of aromatic nitrogens is 4. The van der Waals surface area contributed by atoms with E-state index in [1.54, 1.807) is 23.1 Å². The average Bonchev–Trinajstić information content (AvgIpc) is 3.98. The standard InChI is InChI=1S/C50H56ClN9O7S/c1-50(2)17-11-35(42(30-50)33-3-5-36(51)6-4-33)32-56-21-23-58(24-22-56)38-7-9-41(44(28-38)59-45-27-34-12-18-52-48(34)54-43(45)31-53-59)49(61)55-68(64,65)40-8-10-47(46(29-40)60(62)63)67-39-13-19-57(20-14-39)37-15-25-66-26-16-37/h3-10,12,18,27-29,31,37,39,53H,11,13-17,19-26,30,32H2,1-2H3,(H,55,61). The monoisotopic (exact) mass is 961 g/mol. The number of amides is 1. The molecular weight excluding hydrogens is 906 g/mol. The van der Waals surface area contributed by atoms with Crippen LogP contribution >= 0.6 is 11.6 Å². The zero-order chi connectivity index (χ0) is 47.2. The van der Waals surface area contributed by atoms with E-state index in [2.05, 4.69) is 55.5 Å². The van der Waals surface area contributed by atoms with E-state index in [1.807, 2.05) is 36.4 Å². The number of nitrogens with zero attached hydrogens (tertiary/aromatic N) is 7. The van der Waals surface area contributed by atoms with Crippen LogP contribution in [0.15, 0.2) is 95.7 Å². The number of pyridine rings is 1. The smallest absolute Gasteiger partial charge is 0.312 e. The Morgan fingerprint density at radius 2 is 1.74 bits per heavy atom. The first-order chi connectivity index (χ1) is 32.8. The van der Waals surface area contributed by atoms with Crippen LogP contribution < -0.4 is 14.4 Å². The van der Waals surface area contributed by atoms with Crippen molar-refractivity contribution in [3.63, 3.8) is 0 Å². The fraction of sp³-hybridized carbons (Fsp3) is 0.420. The first-order valence-corrected chi connectivity index (χ1v) is 25.4. The summed E-state index contributed by atoms with van der Waals surface area (Å²) in [5, 5.41) is 17.1. The van der Waals surface area contributed by atoms with Gasteiger partial charge in [-0.2, -0.15) is 0 Å². The number of nitrogens with one attached hydrogen (secondary N) is 2. The highest BCUT2D eigenvalue weighted by Crippen LogP contribution is 2.43. The van der Waals surface area contributed by atoms with Gasteiger partial charge in [0.25, 0.3) is 15.9 Å². The summed E-state index contributed by atoms with van der Waals surface area (Å²) in [6, 6.07) is 21.3. The van der Waals surface area contributed by atoms with Crippen LogP contribution in [0.25, 0.3) is 33.3 Å². The fourth-order valence-electron chi connectivity index (χ4n) is 10.3. The molecule has 1 amide bonds. The van der Waals surface area contributed by atoms with Gasteiger partial charge in [0.2, 0.25) is 0 Å². The van der Waals surface area contributed by atoms with Crippen LogP contribution in [0.3, 0.4) is 0 Å². The number of piperazine rings is 1. The molecule has 0 unspecified atom stereocenters. The zero-order valence-corrected chi connectivity index (χ0v) is 39.9. The van der Waals surface area contributed by atoms with Crippen molar-refractivity contribution >= 4 is 66.5 Å². The largest absolute Gasteiger partial charge is 0.483 e. The third-order valence-electron chi connectivity index (χ3n) is 14.2. The maximum absolute atomic E-state index is 14.3. The van der Waals surface area contributed by atoms with Gasteiger partial charge in [0, 0.05) is 99.6 Å². The lowest BCUT2D eigenvalue weighted by atomic mass is 9.72. The number of likely N-dealkylation sites (tertiary alicyclic amines) is 1. The molecule has 0 saturated carbocycles. The lowest BCUT2D eigenvalue weighted by Gasteiger charge is -2.39. The minimum Gasteiger partial charge on any atom is -0.483 e. The second-order valence-corrected chi connectivity index (χ2v) is 21.4. The van der Waals surface area contributed by atoms with Crippen molar-refractivity contribution in [2.75, 3.05) is 63.9 Å². The Morgan fingerprint density at radius 3 is 2.49 bits per heavy atom. The van der Waals surface area contributed by atoms with Gasteiger partial charge in [0.15, 0.2) is 11.4 Å². The van der Waals surface area contributed by atoms with Crippen molar-refractivity contribution in [2.45, 2.75) is 75.8 Å². The molecule has 356 valence electrons. The normalized spacial score (nSPS) is 19.2. The van der Waals surface area contributed by atoms with Crippen LogP contribution in [0.4, 0.5) is 11.4 Å². The summed E-state index contributed by atoms with van der Waals surface area (Å²) in [6.07, 6.45) is 9.66. The van der Waals surface area contributed by atoms with Crippen molar-refractivity contribution in [1.82, 2.24) is 34.3 Å². The van der Waals surface area contributed by atoms with Gasteiger partial charge in [-0.3, -0.25) is 34.5 Å². The number of hydrogen-bond acceptors (Lipinski definition) is 12. The maximum Gasteiger partial charge on any atom is 0.312 e. The van der Waals surface area contributed by atoms with E-state index in [-0.39, 0.29) is 22.8 Å². The maximum atomic E-state index is 14.3. The van der Waals surface area contributed by atoms with Crippen molar-refractivity contribution in [1.29, 1.82) is 0 Å². The Hall–Kier alpha value is -5.85. The van der Waals surface area contributed by atoms with Crippen LogP contribution in [-0.4, -0.2) is 120 Å². The summed E-state index contributed by atoms with van der Waals surface area (Å²) < 4.78 is 43.5. The number of sulfonamides is 1. The van der Waals surface area contributed by atoms with Gasteiger partial charge in [-0.05, 0) is 116 Å². The molecule has 0 bridgehead atoms. The summed E-state index contributed by atoms with van der Waals surface area (Å²) in [7, 11) is -4.60. The molecule has 0 atom stereocenters. The van der Waals surface area contributed by atoms with Gasteiger partial charge < -0.3 is 14.4 Å². The molecule has 18 heteroatoms. The summed E-state index contributed by atoms with van der Waals surface area (Å²) >= 11 is 6.27. The lowest BCUT2D eigenvalue weighted by Crippen LogP contribution is -2.47. The molecule has 1 aliphatic carbocycles. The summed E-state index contributed by atoms with van der Waals surface area (Å²) in [4.78, 5) is 41.8. The molecule has 16 nitrogen and oxygen atoms in total. The number of allylic oxidation sites excluding steroid dienone is 1. The second-order valence-electron chi connectivity index (χ2n) is 19.3. The summed E-state index contributed by atoms with van der Waals surface area (Å²) in [5.41, 5.74) is 7.01. The van der Waals surface area contributed by atoms with E-state index in [4.69, 9.17) is 26.1 Å². The van der Waals surface area contributed by atoms with Crippen molar-refractivity contribution < 1.29 is 27.6 Å². The molecule has 3 fully saturated rings. The Labute approximate surface area is 400 Å². The number of piperidine rings is 1. The van der Waals surface area contributed by atoms with Gasteiger partial charge in [0.1, 0.15) is 11.6 Å². The minimum atomic E-state index is -4.60. The lowest BCUT2D eigenvalue weighted by molar-refractivity contribution is -0.386. The molecule has 6 heterocycles. The van der Waals surface area contributed by atoms with Crippen LogP contribution in [0.5, 0.6) is 5.75 Å². The minimum absolute atomic E-state index is 0.0148. The SMILES string of the molecule is CC1(C)CCC(CN2CCN(c3ccc(C(=O)NS(=O)(=O)c4ccc(OC5CCN(C6CCOCC6)CC5)c([N+](=O)[O-])c4)c(-n4[nH]cc5nc6nccc6cc54)c3)CC2)=C(c2ccc(Cl)cc2)C1. The Balaban J connectivity index is 0.884. The zero-order valence-electron chi connectivity index (χ0n) is 38.3. The number of nitro benzene ring substituents is 1. The van der Waals surface area contributed by atoms with E-state index < -0.39 is 31.4 Å². The number of halogens is 1. The number of carbonyl (C=O) groups excluding carboxylic acids is 1. The van der Waals surface area contributed by atoms with Gasteiger partial charge >= 0.3 is 5.69 Å². The fourth-order valence-corrected chi connectivity index (χ4v) is 11.5. The Bertz CT molecular complexity index is 3000. The quantitative estimate of drug-likeness (QED) is 0.0885. The molecule has 68 heavy (non-hydrogen) atoms. The number of rotatable bonds is 12. The molecule has 2 N–H and O–H groups in total. The Morgan fingerprint density at radius 1 is 0.971 bits per heavy atom. The highest BCUT2D eigenvalue weighted by molar-refractivity contribution is 7.90. The average molecular weight is 963 g/mol. The summed E-state index contributed by atoms with van der Waals surface area (Å²) in [6.45, 7) is 11.8. The molecular formula is C50H56ClN9O7S. The molecule has 0 spiro atoms. The molecule has 4 aliphatic rings. The molecule has 10 rings (SSSR count). The first kappa shape index (κ1) is 45.9. The number of H-pyrrole nitrogens is 1. The van der Waals surface area contributed by atoms with Gasteiger partial charge in [-0.25, -0.2) is 23.1 Å². The highest BCUT2D eigenvalue weighted by Gasteiger charge is 2.33. The second kappa shape index (κ2) is 18.9. The Kier molecular flexibility index (Phi) is 12.8. The number of hydrogen-bond donors (Lipinski definition) is 2. The van der Waals surface area contributed by atoms with E-state index in [9.17, 15) is 23.3 Å². The van der Waals surface area contributed by atoms with E-state index in [0.717, 1.165) is 113 Å². The number of fused-ring (bicyclic) bond motifs is 2. The summed E-state index contributed by atoms with van der Waals surface area (Å²) in [5.74, 6) is -0.922. The number of ether oxygens (including phenoxy) is 2. The van der Waals surface area contributed by atoms with E-state index in [1.165, 1.54) is 28.8 Å². The van der Waals surface area contributed by atoms with Crippen molar-refractivity contribution in [3.05, 3.63) is 117 Å². The predicted octanol–water partition coefficient (Wildman–Crippen LogP) is 8.39. The molecule has 0 radical (unpaired) electrons. The van der Waals surface area contributed by atoms with Crippen LogP contribution in [-0.2, 0) is 14.8 Å².